The summed E-state index contributed by atoms with van der Waals surface area (Å²) >= 11 is 0. The zero-order valence-electron chi connectivity index (χ0n) is 35.4. The van der Waals surface area contributed by atoms with E-state index in [-0.39, 0.29) is 26.5 Å². The fourth-order valence-corrected chi connectivity index (χ4v) is 15.7. The molecule has 6 aromatic carbocycles. The van der Waals surface area contributed by atoms with Gasteiger partial charge in [0.05, 0.1) is 0 Å². The zero-order chi connectivity index (χ0) is 41.1. The fraction of sp³-hybridized carbons (Fsp3) is 0.154. The third-order valence-corrected chi connectivity index (χ3v) is 19.9. The molecule has 0 spiro atoms. The summed E-state index contributed by atoms with van der Waals surface area (Å²) in [6, 6.07) is 53.2. The van der Waals surface area contributed by atoms with Crippen molar-refractivity contribution in [3.05, 3.63) is 170 Å². The van der Waals surface area contributed by atoms with Crippen LogP contribution in [0.1, 0.15) is 26.3 Å². The molecule has 3 aliphatic heterocycles. The van der Waals surface area contributed by atoms with E-state index < -0.39 is 16.1 Å². The molecule has 3 aliphatic rings. The Morgan fingerprint density at radius 1 is 0.623 bits per heavy atom. The Morgan fingerprint density at radius 2 is 1.26 bits per heavy atom. The van der Waals surface area contributed by atoms with E-state index in [4.69, 9.17) is 9.72 Å². The number of benzene rings is 6. The summed E-state index contributed by atoms with van der Waals surface area (Å²) in [5.41, 5.74) is 9.41. The maximum atomic E-state index is 6.56. The number of hydrogen-bond acceptors (Lipinski definition) is 5. The predicted octanol–water partition coefficient (Wildman–Crippen LogP) is 10.5. The van der Waals surface area contributed by atoms with Crippen molar-refractivity contribution >= 4 is 87.1 Å². The van der Waals surface area contributed by atoms with Crippen LogP contribution in [-0.2, 0) is 26.5 Å². The molecule has 0 saturated heterocycles. The Hall–Kier alpha value is -5.67. The van der Waals surface area contributed by atoms with Crippen LogP contribution < -0.4 is 40.2 Å². The molecule has 306 valence electrons. The van der Waals surface area contributed by atoms with Crippen molar-refractivity contribution in [2.24, 2.45) is 0 Å². The molecule has 0 saturated carbocycles. The Labute approximate surface area is 375 Å². The van der Waals surface area contributed by atoms with Gasteiger partial charge in [-0.05, 0) is 92.0 Å². The van der Waals surface area contributed by atoms with Gasteiger partial charge in [0.1, 0.15) is 22.0 Å². The molecule has 0 atom stereocenters. The van der Waals surface area contributed by atoms with E-state index in [0.717, 1.165) is 33.3 Å². The van der Waals surface area contributed by atoms with Crippen molar-refractivity contribution in [2.75, 3.05) is 14.7 Å². The van der Waals surface area contributed by atoms with Gasteiger partial charge in [0.2, 0.25) is 0 Å². The first kappa shape index (κ1) is 39.5. The Kier molecular flexibility index (Phi) is 9.19. The molecule has 6 nitrogen and oxygen atoms in total. The van der Waals surface area contributed by atoms with Crippen LogP contribution in [0.2, 0.25) is 26.2 Å². The van der Waals surface area contributed by atoms with Crippen LogP contribution in [0, 0.1) is 18.8 Å². The molecule has 9 heteroatoms. The normalized spacial score (nSPS) is 15.7. The van der Waals surface area contributed by atoms with E-state index in [1.807, 2.05) is 24.4 Å². The van der Waals surface area contributed by atoms with E-state index in [1.54, 1.807) is 0 Å². The van der Waals surface area contributed by atoms with Crippen LogP contribution >= 0.6 is 0 Å². The molecule has 61 heavy (non-hydrogen) atoms. The first-order valence-electron chi connectivity index (χ1n) is 20.8. The summed E-state index contributed by atoms with van der Waals surface area (Å²) in [5.74, 6) is 2.10. The molecule has 0 aliphatic carbocycles. The quantitative estimate of drug-likeness (QED) is 0.127. The smallest absolute Gasteiger partial charge is 0.135 e. The van der Waals surface area contributed by atoms with Crippen molar-refractivity contribution in [1.29, 1.82) is 0 Å². The molecule has 8 aromatic rings. The topological polar surface area (TPSA) is 36.8 Å². The number of aromatic nitrogens is 2. The molecule has 0 amide bonds. The van der Waals surface area contributed by atoms with Crippen molar-refractivity contribution in [3.8, 4) is 17.3 Å². The summed E-state index contributed by atoms with van der Waals surface area (Å²) in [6.07, 6.45) is 6.17. The van der Waals surface area contributed by atoms with E-state index >= 15 is 0 Å². The monoisotopic (exact) mass is 1010 g/mol. The fourth-order valence-electron chi connectivity index (χ4n) is 9.61. The average Bonchev–Trinajstić information content (AvgIpc) is 3.87. The van der Waals surface area contributed by atoms with Crippen molar-refractivity contribution in [1.82, 2.24) is 9.55 Å². The molecule has 0 N–H and O–H groups in total. The van der Waals surface area contributed by atoms with E-state index in [9.17, 15) is 0 Å². The summed E-state index contributed by atoms with van der Waals surface area (Å²) in [6.45, 7) is 18.9. The average molecular weight is 1010 g/mol. The van der Waals surface area contributed by atoms with Crippen LogP contribution in [-0.4, -0.2) is 25.7 Å². The van der Waals surface area contributed by atoms with Crippen molar-refractivity contribution in [3.63, 3.8) is 0 Å². The second-order valence-electron chi connectivity index (χ2n) is 18.3. The molecule has 0 radical (unpaired) electrons. The first-order valence-corrected chi connectivity index (χ1v) is 26.8. The maximum absolute atomic E-state index is 6.56. The molecule has 11 rings (SSSR count). The van der Waals surface area contributed by atoms with Gasteiger partial charge in [0.15, 0.2) is 0 Å². The molecular weight excluding hydrogens is 962 g/mol. The third-order valence-electron chi connectivity index (χ3n) is 12.9. The number of para-hydroxylation sites is 3. The Bertz CT molecular complexity index is 3010. The molecule has 0 unspecified atom stereocenters. The van der Waals surface area contributed by atoms with Gasteiger partial charge >= 0.3 is 0 Å². The summed E-state index contributed by atoms with van der Waals surface area (Å²) in [7, 11) is -4.14. The Balaban J connectivity index is 0.00000445. The Morgan fingerprint density at radius 3 is 1.97 bits per heavy atom. The van der Waals surface area contributed by atoms with Crippen LogP contribution in [0.3, 0.4) is 0 Å². The summed E-state index contributed by atoms with van der Waals surface area (Å²) < 4.78 is 8.75. The maximum Gasteiger partial charge on any atom is 0.135 e. The van der Waals surface area contributed by atoms with E-state index in [0.29, 0.717) is 11.5 Å². The van der Waals surface area contributed by atoms with Gasteiger partial charge < -0.3 is 24.0 Å². The minimum Gasteiger partial charge on any atom is -0.509 e. The van der Waals surface area contributed by atoms with Gasteiger partial charge in [0, 0.05) is 67.0 Å². The van der Waals surface area contributed by atoms with Crippen molar-refractivity contribution < 1.29 is 25.8 Å². The molecule has 2 aromatic heterocycles. The first-order chi connectivity index (χ1) is 28.9. The van der Waals surface area contributed by atoms with Gasteiger partial charge in [-0.3, -0.25) is 0 Å². The standard InChI is InChI=1S/C52H46N5OSi2.Pt/c1-52(2,3)35-25-26-53-50(29-35)56-42-18-9-8-17-40(42)41-24-23-39(33-45(41)56)58-38-16-14-15-36(30-38)54-27-28-55(34-54)37-31-48-51-49(32-37)60(6,7)47-22-13-11-20-44(47)57(51)43-19-10-12-21-46(43)59(48,4)5;/h8-29,31-32,34H,1-7H3;/q-3;. The van der Waals surface area contributed by atoms with Gasteiger partial charge in [0.25, 0.3) is 0 Å². The summed E-state index contributed by atoms with van der Waals surface area (Å²) in [5, 5.41) is 8.21. The van der Waals surface area contributed by atoms with Gasteiger partial charge in [-0.2, -0.15) is 12.1 Å². The number of anilines is 5. The van der Waals surface area contributed by atoms with Gasteiger partial charge in [-0.25, -0.2) is 4.98 Å². The number of hydrogen-bond donors (Lipinski definition) is 0. The summed E-state index contributed by atoms with van der Waals surface area (Å²) in [4.78, 5) is 11.8. The molecule has 0 bridgehead atoms. The van der Waals surface area contributed by atoms with Crippen LogP contribution in [0.4, 0.5) is 28.4 Å². The van der Waals surface area contributed by atoms with Crippen LogP contribution in [0.15, 0.2) is 146 Å². The SMILES string of the molecule is CC(C)(C)c1ccnc(-n2c3[c-]c(Oc4[c-]c(N5C=CN(c6cc7c8c(c6)[Si](C)(C)c6ccccc6N8c6ccccc6[Si]7(C)C)[CH-]5)ccc4)ccc3c3ccccc32)c1.[Pt]. The molecular formula is C52H46N5OPtSi2-3. The van der Waals surface area contributed by atoms with Crippen molar-refractivity contribution in [2.45, 2.75) is 52.4 Å². The number of ether oxygens (including phenoxy) is 1. The molecule has 5 heterocycles. The van der Waals surface area contributed by atoms with E-state index in [1.165, 1.54) is 49.1 Å². The second-order valence-corrected chi connectivity index (χ2v) is 27.0. The van der Waals surface area contributed by atoms with Crippen LogP contribution in [0.25, 0.3) is 27.6 Å². The number of pyridine rings is 1. The zero-order valence-corrected chi connectivity index (χ0v) is 39.7. The third kappa shape index (κ3) is 6.17. The number of nitrogens with zero attached hydrogens (tertiary/aromatic N) is 5. The van der Waals surface area contributed by atoms with Gasteiger partial charge in [-0.15, -0.1) is 48.1 Å². The largest absolute Gasteiger partial charge is 0.509 e. The van der Waals surface area contributed by atoms with E-state index in [2.05, 4.69) is 207 Å². The number of fused-ring (bicyclic) bond motifs is 7. The molecule has 0 fully saturated rings. The van der Waals surface area contributed by atoms with Crippen LogP contribution in [0.5, 0.6) is 11.5 Å². The minimum absolute atomic E-state index is 0. The number of rotatable bonds is 5. The second kappa shape index (κ2) is 14.2. The minimum atomic E-state index is -2.07. The predicted molar refractivity (Wildman–Crippen MR) is 254 cm³/mol. The van der Waals surface area contributed by atoms with Gasteiger partial charge in [-0.1, -0.05) is 107 Å².